The van der Waals surface area contributed by atoms with Crippen LogP contribution >= 0.6 is 0 Å². The number of H-pyrrole nitrogens is 1. The molecule has 0 atom stereocenters. The number of benzene rings is 1. The van der Waals surface area contributed by atoms with E-state index in [1.165, 1.54) is 17.2 Å². The Morgan fingerprint density at radius 1 is 1.40 bits per heavy atom. The van der Waals surface area contributed by atoms with Crippen LogP contribution in [0.3, 0.4) is 0 Å². The quantitative estimate of drug-likeness (QED) is 0.573. The molecule has 4 nitrogen and oxygen atoms in total. The van der Waals surface area contributed by atoms with Crippen molar-refractivity contribution in [3.63, 3.8) is 0 Å². The highest BCUT2D eigenvalue weighted by Crippen LogP contribution is 2.18. The van der Waals surface area contributed by atoms with Crippen molar-refractivity contribution >= 4 is 16.8 Å². The van der Waals surface area contributed by atoms with Gasteiger partial charge in [0.1, 0.15) is 0 Å². The SMILES string of the molecule is C=COCCCNC(=O)CCc1c[nH]c2ccccc12. The number of hydrogen-bond donors (Lipinski definition) is 2. The molecule has 1 amide bonds. The first-order valence-electron chi connectivity index (χ1n) is 6.85. The Hall–Kier alpha value is -2.23. The van der Waals surface area contributed by atoms with Gasteiger partial charge in [-0.1, -0.05) is 24.8 Å². The predicted octanol–water partition coefficient (Wildman–Crippen LogP) is 2.77. The Balaban J connectivity index is 1.74. The molecule has 0 bridgehead atoms. The molecule has 0 aliphatic heterocycles. The lowest BCUT2D eigenvalue weighted by Gasteiger charge is -2.05. The molecule has 20 heavy (non-hydrogen) atoms. The molecule has 2 rings (SSSR count). The summed E-state index contributed by atoms with van der Waals surface area (Å²) in [5.41, 5.74) is 2.30. The molecule has 0 aliphatic rings. The summed E-state index contributed by atoms with van der Waals surface area (Å²) < 4.78 is 4.99. The summed E-state index contributed by atoms with van der Waals surface area (Å²) in [6, 6.07) is 8.13. The molecule has 1 aromatic carbocycles. The Labute approximate surface area is 118 Å². The molecule has 0 saturated carbocycles. The number of amides is 1. The van der Waals surface area contributed by atoms with Crippen molar-refractivity contribution in [1.29, 1.82) is 0 Å². The molecular weight excluding hydrogens is 252 g/mol. The number of aromatic amines is 1. The minimum atomic E-state index is 0.0777. The van der Waals surface area contributed by atoms with Crippen molar-refractivity contribution in [3.05, 3.63) is 48.9 Å². The normalized spacial score (nSPS) is 10.4. The van der Waals surface area contributed by atoms with Gasteiger partial charge in [0.05, 0.1) is 12.9 Å². The lowest BCUT2D eigenvalue weighted by Crippen LogP contribution is -2.25. The first kappa shape index (κ1) is 14.2. The topological polar surface area (TPSA) is 54.1 Å². The zero-order chi connectivity index (χ0) is 14.2. The summed E-state index contributed by atoms with van der Waals surface area (Å²) in [5, 5.41) is 4.08. The number of rotatable bonds is 8. The van der Waals surface area contributed by atoms with Gasteiger partial charge < -0.3 is 15.0 Å². The van der Waals surface area contributed by atoms with E-state index in [0.717, 1.165) is 18.4 Å². The minimum absolute atomic E-state index is 0.0777. The zero-order valence-electron chi connectivity index (χ0n) is 11.5. The Kier molecular flexibility index (Phi) is 5.24. The average molecular weight is 272 g/mol. The van der Waals surface area contributed by atoms with Gasteiger partial charge in [0, 0.05) is 30.1 Å². The highest BCUT2D eigenvalue weighted by Gasteiger charge is 2.06. The average Bonchev–Trinajstić information content (AvgIpc) is 2.88. The van der Waals surface area contributed by atoms with Crippen LogP contribution in [0.2, 0.25) is 0 Å². The van der Waals surface area contributed by atoms with Crippen LogP contribution in [0.4, 0.5) is 0 Å². The Bertz CT molecular complexity index is 575. The number of nitrogens with one attached hydrogen (secondary N) is 2. The molecule has 1 aromatic heterocycles. The van der Waals surface area contributed by atoms with Crippen LogP contribution < -0.4 is 5.32 Å². The molecule has 0 fully saturated rings. The fourth-order valence-electron chi connectivity index (χ4n) is 2.14. The van der Waals surface area contributed by atoms with E-state index in [1.807, 2.05) is 24.4 Å². The Morgan fingerprint density at radius 3 is 3.10 bits per heavy atom. The van der Waals surface area contributed by atoms with Crippen LogP contribution in [0.1, 0.15) is 18.4 Å². The molecule has 0 saturated heterocycles. The molecule has 106 valence electrons. The summed E-state index contributed by atoms with van der Waals surface area (Å²) in [7, 11) is 0. The van der Waals surface area contributed by atoms with Crippen molar-refractivity contribution in [1.82, 2.24) is 10.3 Å². The van der Waals surface area contributed by atoms with Crippen LogP contribution in [-0.2, 0) is 16.0 Å². The Morgan fingerprint density at radius 2 is 2.25 bits per heavy atom. The smallest absolute Gasteiger partial charge is 0.220 e. The lowest BCUT2D eigenvalue weighted by molar-refractivity contribution is -0.121. The maximum absolute atomic E-state index is 11.7. The van der Waals surface area contributed by atoms with Gasteiger partial charge in [-0.2, -0.15) is 0 Å². The first-order valence-corrected chi connectivity index (χ1v) is 6.85. The van der Waals surface area contributed by atoms with Crippen LogP contribution in [-0.4, -0.2) is 24.0 Å². The first-order chi connectivity index (χ1) is 9.81. The fraction of sp³-hybridized carbons (Fsp3) is 0.312. The van der Waals surface area contributed by atoms with E-state index >= 15 is 0 Å². The van der Waals surface area contributed by atoms with Gasteiger partial charge in [-0.25, -0.2) is 0 Å². The summed E-state index contributed by atoms with van der Waals surface area (Å²) in [4.78, 5) is 14.9. The monoisotopic (exact) mass is 272 g/mol. The molecule has 0 unspecified atom stereocenters. The maximum atomic E-state index is 11.7. The molecule has 0 radical (unpaired) electrons. The van der Waals surface area contributed by atoms with E-state index < -0.39 is 0 Å². The van der Waals surface area contributed by atoms with Gasteiger partial charge in [0.15, 0.2) is 0 Å². The van der Waals surface area contributed by atoms with Gasteiger partial charge in [-0.15, -0.1) is 0 Å². The van der Waals surface area contributed by atoms with Crippen molar-refractivity contribution in [2.45, 2.75) is 19.3 Å². The molecule has 4 heteroatoms. The zero-order valence-corrected chi connectivity index (χ0v) is 11.5. The van der Waals surface area contributed by atoms with Crippen molar-refractivity contribution in [2.75, 3.05) is 13.2 Å². The second kappa shape index (κ2) is 7.38. The van der Waals surface area contributed by atoms with Gasteiger partial charge in [0.2, 0.25) is 5.91 Å². The van der Waals surface area contributed by atoms with Crippen molar-refractivity contribution < 1.29 is 9.53 Å². The van der Waals surface area contributed by atoms with Crippen molar-refractivity contribution in [3.8, 4) is 0 Å². The largest absolute Gasteiger partial charge is 0.502 e. The fourth-order valence-corrected chi connectivity index (χ4v) is 2.14. The summed E-state index contributed by atoms with van der Waals surface area (Å²) in [6.07, 6.45) is 5.45. The number of aryl methyl sites for hydroxylation is 1. The highest BCUT2D eigenvalue weighted by atomic mass is 16.5. The van der Waals surface area contributed by atoms with Crippen LogP contribution in [0.25, 0.3) is 10.9 Å². The molecule has 0 aliphatic carbocycles. The van der Waals surface area contributed by atoms with Crippen LogP contribution in [0, 0.1) is 0 Å². The molecule has 0 spiro atoms. The molecular formula is C16H20N2O2. The minimum Gasteiger partial charge on any atom is -0.502 e. The molecule has 1 heterocycles. The highest BCUT2D eigenvalue weighted by molar-refractivity contribution is 5.84. The molecule has 2 N–H and O–H groups in total. The van der Waals surface area contributed by atoms with Crippen molar-refractivity contribution in [2.24, 2.45) is 0 Å². The number of para-hydroxylation sites is 1. The van der Waals surface area contributed by atoms with E-state index in [4.69, 9.17) is 4.74 Å². The van der Waals surface area contributed by atoms with Gasteiger partial charge in [-0.05, 0) is 24.5 Å². The lowest BCUT2D eigenvalue weighted by atomic mass is 10.1. The third kappa shape index (κ3) is 3.88. The maximum Gasteiger partial charge on any atom is 0.220 e. The number of carbonyl (C=O) groups is 1. The summed E-state index contributed by atoms with van der Waals surface area (Å²) >= 11 is 0. The van der Waals surface area contributed by atoms with Gasteiger partial charge in [0.25, 0.3) is 0 Å². The number of fused-ring (bicyclic) bond motifs is 1. The van der Waals surface area contributed by atoms with Crippen LogP contribution in [0.5, 0.6) is 0 Å². The second-order valence-electron chi connectivity index (χ2n) is 4.60. The number of hydrogen-bond acceptors (Lipinski definition) is 2. The number of aromatic nitrogens is 1. The van der Waals surface area contributed by atoms with E-state index in [0.29, 0.717) is 19.6 Å². The summed E-state index contributed by atoms with van der Waals surface area (Å²) in [6.45, 7) is 4.69. The third-order valence-electron chi connectivity index (χ3n) is 3.18. The molecule has 2 aromatic rings. The van der Waals surface area contributed by atoms with E-state index in [9.17, 15) is 4.79 Å². The van der Waals surface area contributed by atoms with E-state index in [2.05, 4.69) is 22.9 Å². The van der Waals surface area contributed by atoms with Gasteiger partial charge in [-0.3, -0.25) is 4.79 Å². The number of carbonyl (C=O) groups excluding carboxylic acids is 1. The van der Waals surface area contributed by atoms with E-state index in [-0.39, 0.29) is 5.91 Å². The van der Waals surface area contributed by atoms with Crippen LogP contribution in [0.15, 0.2) is 43.3 Å². The van der Waals surface area contributed by atoms with E-state index in [1.54, 1.807) is 0 Å². The third-order valence-corrected chi connectivity index (χ3v) is 3.18. The summed E-state index contributed by atoms with van der Waals surface area (Å²) in [5.74, 6) is 0.0777. The predicted molar refractivity (Wildman–Crippen MR) is 80.4 cm³/mol. The van der Waals surface area contributed by atoms with Gasteiger partial charge >= 0.3 is 0 Å². The number of ether oxygens (including phenoxy) is 1. The second-order valence-corrected chi connectivity index (χ2v) is 4.60. The standard InChI is InChI=1S/C16H20N2O2/c1-2-20-11-5-10-17-16(19)9-8-13-12-18-15-7-4-3-6-14(13)15/h2-4,6-7,12,18H,1,5,8-11H2,(H,17,19).